The van der Waals surface area contributed by atoms with Crippen LogP contribution in [0.4, 0.5) is 10.1 Å². The number of hydrogen-bond acceptors (Lipinski definition) is 6. The second-order valence-electron chi connectivity index (χ2n) is 9.99. The van der Waals surface area contributed by atoms with Crippen molar-refractivity contribution in [3.63, 3.8) is 0 Å². The molecule has 0 saturated carbocycles. The monoisotopic (exact) mass is 492 g/mol. The van der Waals surface area contributed by atoms with Gasteiger partial charge in [0.1, 0.15) is 35.6 Å². The summed E-state index contributed by atoms with van der Waals surface area (Å²) in [5, 5.41) is 6.63. The minimum absolute atomic E-state index is 0.0831. The van der Waals surface area contributed by atoms with Gasteiger partial charge in [-0.25, -0.2) is 4.39 Å². The average molecular weight is 493 g/mol. The Morgan fingerprint density at radius 1 is 1.14 bits per heavy atom. The van der Waals surface area contributed by atoms with E-state index < -0.39 is 5.41 Å². The van der Waals surface area contributed by atoms with Crippen LogP contribution in [0.1, 0.15) is 38.2 Å². The average Bonchev–Trinajstić information content (AvgIpc) is 3.15. The summed E-state index contributed by atoms with van der Waals surface area (Å²) < 4.78 is 20.3. The van der Waals surface area contributed by atoms with Gasteiger partial charge in [0.05, 0.1) is 5.41 Å². The molecule has 0 unspecified atom stereocenters. The molecule has 2 atom stereocenters. The van der Waals surface area contributed by atoms with Gasteiger partial charge in [-0.15, -0.1) is 0 Å². The molecule has 2 aromatic rings. The number of unbranched alkanes of at least 4 members (excludes halogenated alkanes) is 1. The molecular weight excluding hydrogens is 459 g/mol. The van der Waals surface area contributed by atoms with Gasteiger partial charge in [-0.2, -0.15) is 5.10 Å². The topological polar surface area (TPSA) is 65.5 Å². The molecule has 0 N–H and O–H groups in total. The number of carbonyl (C=O) groups excluding carboxylic acids is 2. The zero-order valence-corrected chi connectivity index (χ0v) is 21.0. The minimum Gasteiger partial charge on any atom is -0.489 e. The summed E-state index contributed by atoms with van der Waals surface area (Å²) in [7, 11) is 1.86. The van der Waals surface area contributed by atoms with Crippen molar-refractivity contribution in [3.8, 4) is 5.75 Å². The number of rotatable bonds is 7. The highest BCUT2D eigenvalue weighted by Crippen LogP contribution is 2.48. The second kappa shape index (κ2) is 10.0. The largest absolute Gasteiger partial charge is 0.489 e. The fourth-order valence-corrected chi connectivity index (χ4v) is 5.84. The van der Waals surface area contributed by atoms with E-state index in [0.29, 0.717) is 30.2 Å². The van der Waals surface area contributed by atoms with Gasteiger partial charge in [0.25, 0.3) is 0 Å². The molecule has 0 bridgehead atoms. The number of carbonyl (C=O) groups is 2. The second-order valence-corrected chi connectivity index (χ2v) is 9.99. The highest BCUT2D eigenvalue weighted by atomic mass is 19.1. The molecule has 0 spiro atoms. The Kier molecular flexibility index (Phi) is 6.79. The van der Waals surface area contributed by atoms with Crippen molar-refractivity contribution in [2.75, 3.05) is 44.8 Å². The van der Waals surface area contributed by atoms with Crippen molar-refractivity contribution in [1.29, 1.82) is 0 Å². The summed E-state index contributed by atoms with van der Waals surface area (Å²) >= 11 is 0. The first-order valence-corrected chi connectivity index (χ1v) is 12.7. The summed E-state index contributed by atoms with van der Waals surface area (Å²) in [4.78, 5) is 29.2. The normalized spacial score (nSPS) is 24.0. The molecule has 1 fully saturated rings. The van der Waals surface area contributed by atoms with Crippen molar-refractivity contribution < 1.29 is 18.7 Å². The molecule has 7 nitrogen and oxygen atoms in total. The summed E-state index contributed by atoms with van der Waals surface area (Å²) in [6.45, 7) is 5.22. The van der Waals surface area contributed by atoms with Gasteiger partial charge in [0.2, 0.25) is 5.91 Å². The summed E-state index contributed by atoms with van der Waals surface area (Å²) in [5.41, 5.74) is 1.42. The number of hydrazone groups is 1. The maximum atomic E-state index is 14.2. The molecule has 3 heterocycles. The van der Waals surface area contributed by atoms with Crippen LogP contribution in [0.3, 0.4) is 0 Å². The van der Waals surface area contributed by atoms with E-state index in [2.05, 4.69) is 17.0 Å². The third kappa shape index (κ3) is 4.39. The first-order valence-electron chi connectivity index (χ1n) is 12.7. The highest BCUT2D eigenvalue weighted by Gasteiger charge is 2.55. The minimum atomic E-state index is -0.661. The van der Waals surface area contributed by atoms with E-state index in [1.807, 2.05) is 30.3 Å². The molecular formula is C28H33FN4O3. The third-order valence-electron chi connectivity index (χ3n) is 7.80. The van der Waals surface area contributed by atoms with Crippen LogP contribution >= 0.6 is 0 Å². The Labute approximate surface area is 211 Å². The van der Waals surface area contributed by atoms with E-state index >= 15 is 0 Å². The van der Waals surface area contributed by atoms with Crippen LogP contribution < -0.4 is 9.75 Å². The SMILES string of the molecule is CC(=O)C1=NN2c3cc(F)ccc3OC[C@H]2[C@@]1(CCCCN1CCC(=O)N(C)CC1)c1ccccc1. The molecule has 190 valence electrons. The number of nitrogens with zero attached hydrogens (tertiary/aromatic N) is 4. The lowest BCUT2D eigenvalue weighted by atomic mass is 9.67. The third-order valence-corrected chi connectivity index (χ3v) is 7.80. The van der Waals surface area contributed by atoms with Gasteiger partial charge < -0.3 is 14.5 Å². The molecule has 0 radical (unpaired) electrons. The van der Waals surface area contributed by atoms with E-state index in [9.17, 15) is 14.0 Å². The Hall–Kier alpha value is -3.26. The van der Waals surface area contributed by atoms with E-state index in [-0.39, 0.29) is 23.5 Å². The van der Waals surface area contributed by atoms with Crippen molar-refractivity contribution in [3.05, 3.63) is 59.9 Å². The number of fused-ring (bicyclic) bond motifs is 3. The van der Waals surface area contributed by atoms with Crippen LogP contribution in [0.15, 0.2) is 53.6 Å². The van der Waals surface area contributed by atoms with Crippen LogP contribution in [-0.2, 0) is 15.0 Å². The van der Waals surface area contributed by atoms with Crippen LogP contribution in [0.5, 0.6) is 5.75 Å². The molecule has 0 aliphatic carbocycles. The number of ether oxygens (including phenoxy) is 1. The van der Waals surface area contributed by atoms with Gasteiger partial charge in [0.15, 0.2) is 5.78 Å². The summed E-state index contributed by atoms with van der Waals surface area (Å²) in [5.74, 6) is 0.323. The maximum Gasteiger partial charge on any atom is 0.223 e. The van der Waals surface area contributed by atoms with Crippen LogP contribution in [0.2, 0.25) is 0 Å². The van der Waals surface area contributed by atoms with Crippen molar-refractivity contribution in [2.24, 2.45) is 5.10 Å². The van der Waals surface area contributed by atoms with Crippen LogP contribution in [0.25, 0.3) is 0 Å². The number of amides is 1. The fraction of sp³-hybridized carbons (Fsp3) is 0.464. The Morgan fingerprint density at radius 3 is 2.72 bits per heavy atom. The Morgan fingerprint density at radius 2 is 1.94 bits per heavy atom. The maximum absolute atomic E-state index is 14.2. The number of benzene rings is 2. The standard InChI is InChI=1S/C28H33FN4O3/c1-20(34)27-28(21-8-4-3-5-9-21,13-6-7-14-32-15-12-26(35)31(2)16-17-32)25-19-36-24-11-10-22(29)18-23(24)33(25)30-27/h3-5,8-11,18,25H,6-7,12-17,19H2,1-2H3/t25-,28+/m0/s1. The molecule has 3 aliphatic heterocycles. The quantitative estimate of drug-likeness (QED) is 0.553. The molecule has 2 aromatic carbocycles. The predicted molar refractivity (Wildman–Crippen MR) is 137 cm³/mol. The first kappa shape index (κ1) is 24.4. The molecule has 0 aromatic heterocycles. The number of Topliss-reactive ketones (excluding diaryl/α,β-unsaturated/α-hetero) is 1. The highest BCUT2D eigenvalue weighted by molar-refractivity contribution is 6.43. The van der Waals surface area contributed by atoms with Gasteiger partial charge in [-0.05, 0) is 37.1 Å². The van der Waals surface area contributed by atoms with Crippen molar-refractivity contribution in [1.82, 2.24) is 9.80 Å². The molecule has 1 amide bonds. The summed E-state index contributed by atoms with van der Waals surface area (Å²) in [6, 6.07) is 14.2. The van der Waals surface area contributed by atoms with E-state index in [4.69, 9.17) is 9.84 Å². The number of anilines is 1. The number of hydrogen-bond donors (Lipinski definition) is 0. The zero-order valence-electron chi connectivity index (χ0n) is 21.0. The van der Waals surface area contributed by atoms with Crippen molar-refractivity contribution in [2.45, 2.75) is 44.1 Å². The number of likely N-dealkylation sites (N-methyl/N-ethyl adjacent to an activating group) is 1. The molecule has 1 saturated heterocycles. The van der Waals surface area contributed by atoms with E-state index in [0.717, 1.165) is 51.0 Å². The van der Waals surface area contributed by atoms with Crippen LogP contribution in [-0.4, -0.2) is 73.1 Å². The predicted octanol–water partition coefficient (Wildman–Crippen LogP) is 3.62. The van der Waals surface area contributed by atoms with Crippen molar-refractivity contribution >= 4 is 23.1 Å². The Balaban J connectivity index is 1.41. The summed E-state index contributed by atoms with van der Waals surface area (Å²) in [6.07, 6.45) is 3.09. The Bertz CT molecular complexity index is 1170. The number of ketones is 1. The van der Waals surface area contributed by atoms with E-state index in [1.54, 1.807) is 17.9 Å². The lowest BCUT2D eigenvalue weighted by Crippen LogP contribution is -2.53. The van der Waals surface area contributed by atoms with E-state index in [1.165, 1.54) is 12.1 Å². The molecule has 36 heavy (non-hydrogen) atoms. The van der Waals surface area contributed by atoms with Crippen LogP contribution in [0, 0.1) is 5.82 Å². The first-order chi connectivity index (χ1) is 17.4. The smallest absolute Gasteiger partial charge is 0.223 e. The van der Waals surface area contributed by atoms with Gasteiger partial charge in [-0.1, -0.05) is 36.8 Å². The molecule has 8 heteroatoms. The lowest BCUT2D eigenvalue weighted by molar-refractivity contribution is -0.129. The van der Waals surface area contributed by atoms with Gasteiger partial charge >= 0.3 is 0 Å². The van der Waals surface area contributed by atoms with Gasteiger partial charge in [0, 0.05) is 46.1 Å². The number of halogens is 1. The lowest BCUT2D eigenvalue weighted by Gasteiger charge is -2.41. The zero-order chi connectivity index (χ0) is 25.3. The molecule has 3 aliphatic rings. The fourth-order valence-electron chi connectivity index (χ4n) is 5.84. The van der Waals surface area contributed by atoms with Gasteiger partial charge in [-0.3, -0.25) is 14.6 Å². The molecule has 5 rings (SSSR count).